The summed E-state index contributed by atoms with van der Waals surface area (Å²) in [6, 6.07) is 14.9. The summed E-state index contributed by atoms with van der Waals surface area (Å²) in [7, 11) is 0. The molecule has 2 aromatic rings. The van der Waals surface area contributed by atoms with Crippen molar-refractivity contribution in [3.63, 3.8) is 0 Å². The van der Waals surface area contributed by atoms with Crippen LogP contribution in [0.2, 0.25) is 0 Å². The van der Waals surface area contributed by atoms with Gasteiger partial charge in [-0.05, 0) is 35.6 Å². The van der Waals surface area contributed by atoms with Crippen LogP contribution in [0, 0.1) is 0 Å². The predicted octanol–water partition coefficient (Wildman–Crippen LogP) is 4.64. The van der Waals surface area contributed by atoms with E-state index in [-0.39, 0.29) is 0 Å². The molecule has 1 aliphatic rings. The summed E-state index contributed by atoms with van der Waals surface area (Å²) in [6.07, 6.45) is 6.42. The number of para-hydroxylation sites is 1. The SMILES string of the molecule is CSc1ccc2c(c1)Nc1ccccc1C=C2. The number of hydrogen-bond acceptors (Lipinski definition) is 2. The topological polar surface area (TPSA) is 12.0 Å². The number of benzene rings is 2. The number of nitrogens with one attached hydrogen (secondary N) is 1. The van der Waals surface area contributed by atoms with E-state index in [4.69, 9.17) is 0 Å². The van der Waals surface area contributed by atoms with E-state index in [1.807, 2.05) is 0 Å². The summed E-state index contributed by atoms with van der Waals surface area (Å²) >= 11 is 1.77. The van der Waals surface area contributed by atoms with Crippen molar-refractivity contribution in [2.24, 2.45) is 0 Å². The molecule has 1 aliphatic heterocycles. The van der Waals surface area contributed by atoms with E-state index < -0.39 is 0 Å². The first kappa shape index (κ1) is 10.5. The van der Waals surface area contributed by atoms with Crippen LogP contribution in [0.25, 0.3) is 12.2 Å². The molecule has 0 aliphatic carbocycles. The maximum absolute atomic E-state index is 3.50. The highest BCUT2D eigenvalue weighted by atomic mass is 32.2. The average molecular weight is 239 g/mol. The van der Waals surface area contributed by atoms with E-state index in [0.29, 0.717) is 0 Å². The van der Waals surface area contributed by atoms with Crippen molar-refractivity contribution >= 4 is 35.3 Å². The molecule has 0 saturated carbocycles. The van der Waals surface area contributed by atoms with Crippen LogP contribution >= 0.6 is 11.8 Å². The Labute approximate surface area is 106 Å². The second-order valence-electron chi connectivity index (χ2n) is 4.00. The van der Waals surface area contributed by atoms with Gasteiger partial charge in [-0.1, -0.05) is 36.4 Å². The van der Waals surface area contributed by atoms with Crippen LogP contribution in [0.4, 0.5) is 11.4 Å². The molecular formula is C15H13NS. The van der Waals surface area contributed by atoms with Gasteiger partial charge in [0, 0.05) is 16.3 Å². The van der Waals surface area contributed by atoms with Crippen molar-refractivity contribution in [2.45, 2.75) is 4.90 Å². The Bertz CT molecular complexity index is 587. The summed E-state index contributed by atoms with van der Waals surface area (Å²) < 4.78 is 0. The summed E-state index contributed by atoms with van der Waals surface area (Å²) in [5, 5.41) is 3.50. The number of thioether (sulfide) groups is 1. The minimum atomic E-state index is 1.17. The maximum Gasteiger partial charge on any atom is 0.0469 e. The van der Waals surface area contributed by atoms with E-state index in [2.05, 4.69) is 66.2 Å². The Morgan fingerprint density at radius 3 is 2.47 bits per heavy atom. The molecule has 0 unspecified atom stereocenters. The van der Waals surface area contributed by atoms with E-state index in [9.17, 15) is 0 Å². The molecule has 0 saturated heterocycles. The monoisotopic (exact) mass is 239 g/mol. The molecule has 0 bridgehead atoms. The first-order valence-electron chi connectivity index (χ1n) is 5.59. The number of hydrogen-bond donors (Lipinski definition) is 1. The van der Waals surface area contributed by atoms with Crippen molar-refractivity contribution in [3.8, 4) is 0 Å². The van der Waals surface area contributed by atoms with Crippen LogP contribution in [0.15, 0.2) is 47.4 Å². The Morgan fingerprint density at radius 1 is 0.882 bits per heavy atom. The molecule has 0 fully saturated rings. The summed E-state index contributed by atoms with van der Waals surface area (Å²) in [4.78, 5) is 1.28. The smallest absolute Gasteiger partial charge is 0.0469 e. The minimum absolute atomic E-state index is 1.17. The highest BCUT2D eigenvalue weighted by Gasteiger charge is 2.07. The average Bonchev–Trinajstić information content (AvgIpc) is 2.56. The molecule has 0 atom stereocenters. The zero-order chi connectivity index (χ0) is 11.7. The second-order valence-corrected chi connectivity index (χ2v) is 4.88. The van der Waals surface area contributed by atoms with Gasteiger partial charge in [-0.15, -0.1) is 11.8 Å². The third-order valence-corrected chi connectivity index (χ3v) is 3.66. The van der Waals surface area contributed by atoms with Gasteiger partial charge < -0.3 is 5.32 Å². The normalized spacial score (nSPS) is 12.3. The molecule has 0 spiro atoms. The third-order valence-electron chi connectivity index (χ3n) is 2.93. The summed E-state index contributed by atoms with van der Waals surface area (Å²) in [5.74, 6) is 0. The highest BCUT2D eigenvalue weighted by molar-refractivity contribution is 7.98. The predicted molar refractivity (Wildman–Crippen MR) is 76.9 cm³/mol. The van der Waals surface area contributed by atoms with Gasteiger partial charge >= 0.3 is 0 Å². The highest BCUT2D eigenvalue weighted by Crippen LogP contribution is 2.32. The van der Waals surface area contributed by atoms with Crippen LogP contribution in [-0.2, 0) is 0 Å². The van der Waals surface area contributed by atoms with E-state index >= 15 is 0 Å². The Hall–Kier alpha value is -1.67. The molecule has 0 radical (unpaired) electrons. The van der Waals surface area contributed by atoms with Crippen molar-refractivity contribution in [3.05, 3.63) is 53.6 Å². The van der Waals surface area contributed by atoms with Crippen LogP contribution in [0.1, 0.15) is 11.1 Å². The van der Waals surface area contributed by atoms with Crippen LogP contribution in [0.3, 0.4) is 0 Å². The summed E-state index contributed by atoms with van der Waals surface area (Å²) in [6.45, 7) is 0. The largest absolute Gasteiger partial charge is 0.355 e. The lowest BCUT2D eigenvalue weighted by atomic mass is 10.1. The van der Waals surface area contributed by atoms with Crippen molar-refractivity contribution in [1.82, 2.24) is 0 Å². The molecule has 17 heavy (non-hydrogen) atoms. The van der Waals surface area contributed by atoms with Crippen LogP contribution in [0.5, 0.6) is 0 Å². The Morgan fingerprint density at radius 2 is 1.65 bits per heavy atom. The fraction of sp³-hybridized carbons (Fsp3) is 0.0667. The molecule has 2 aromatic carbocycles. The quantitative estimate of drug-likeness (QED) is 0.621. The second kappa shape index (κ2) is 4.30. The van der Waals surface area contributed by atoms with Crippen molar-refractivity contribution < 1.29 is 0 Å². The lowest BCUT2D eigenvalue weighted by Crippen LogP contribution is -1.93. The fourth-order valence-electron chi connectivity index (χ4n) is 2.00. The lowest BCUT2D eigenvalue weighted by molar-refractivity contribution is 1.43. The fourth-order valence-corrected chi connectivity index (χ4v) is 2.44. The zero-order valence-electron chi connectivity index (χ0n) is 9.60. The van der Waals surface area contributed by atoms with Crippen LogP contribution in [-0.4, -0.2) is 6.26 Å². The molecule has 2 heteroatoms. The van der Waals surface area contributed by atoms with Gasteiger partial charge in [0.1, 0.15) is 0 Å². The summed E-state index contributed by atoms with van der Waals surface area (Å²) in [5.41, 5.74) is 4.81. The van der Waals surface area contributed by atoms with Gasteiger partial charge in [0.15, 0.2) is 0 Å². The van der Waals surface area contributed by atoms with E-state index in [1.165, 1.54) is 27.4 Å². The molecule has 1 heterocycles. The van der Waals surface area contributed by atoms with Crippen LogP contribution < -0.4 is 5.32 Å². The number of fused-ring (bicyclic) bond motifs is 2. The molecular weight excluding hydrogens is 226 g/mol. The first-order chi connectivity index (χ1) is 8.36. The Kier molecular flexibility index (Phi) is 2.65. The molecule has 0 amide bonds. The maximum atomic E-state index is 3.50. The number of rotatable bonds is 1. The molecule has 3 rings (SSSR count). The van der Waals surface area contributed by atoms with E-state index in [0.717, 1.165) is 0 Å². The standard InChI is InChI=1S/C15H13NS/c1-17-13-9-8-12-7-6-11-4-2-3-5-14(11)16-15(12)10-13/h2-10,16H,1H3. The van der Waals surface area contributed by atoms with Crippen molar-refractivity contribution in [2.75, 3.05) is 11.6 Å². The number of anilines is 2. The van der Waals surface area contributed by atoms with Gasteiger partial charge in [-0.3, -0.25) is 0 Å². The first-order valence-corrected chi connectivity index (χ1v) is 6.81. The zero-order valence-corrected chi connectivity index (χ0v) is 10.4. The van der Waals surface area contributed by atoms with Gasteiger partial charge in [0.25, 0.3) is 0 Å². The van der Waals surface area contributed by atoms with Gasteiger partial charge in [-0.2, -0.15) is 0 Å². The lowest BCUT2D eigenvalue weighted by Gasteiger charge is -2.10. The van der Waals surface area contributed by atoms with Gasteiger partial charge in [0.05, 0.1) is 0 Å². The molecule has 1 N–H and O–H groups in total. The van der Waals surface area contributed by atoms with Crippen molar-refractivity contribution in [1.29, 1.82) is 0 Å². The van der Waals surface area contributed by atoms with Gasteiger partial charge in [0.2, 0.25) is 0 Å². The van der Waals surface area contributed by atoms with Gasteiger partial charge in [-0.25, -0.2) is 0 Å². The minimum Gasteiger partial charge on any atom is -0.355 e. The Balaban J connectivity index is 2.12. The molecule has 1 nitrogen and oxygen atoms in total. The third kappa shape index (κ3) is 1.96. The van der Waals surface area contributed by atoms with E-state index in [1.54, 1.807) is 11.8 Å². The molecule has 84 valence electrons. The molecule has 0 aromatic heterocycles.